The van der Waals surface area contributed by atoms with E-state index >= 15 is 0 Å². The van der Waals surface area contributed by atoms with E-state index < -0.39 is 0 Å². The molecule has 2 heterocycles. The molecule has 0 unspecified atom stereocenters. The first kappa shape index (κ1) is 23.7. The summed E-state index contributed by atoms with van der Waals surface area (Å²) < 4.78 is 12.0. The highest BCUT2D eigenvalue weighted by Crippen LogP contribution is 2.70. The number of hydrogen-bond donors (Lipinski definition) is 0. The monoisotopic (exact) mass is 482 g/mol. The predicted octanol–water partition coefficient (Wildman–Crippen LogP) is 7.27. The maximum Gasteiger partial charge on any atom is 0.336 e. The Balaban J connectivity index is 1.72. The van der Waals surface area contributed by atoms with Crippen molar-refractivity contribution in [3.8, 4) is 0 Å². The lowest BCUT2D eigenvalue weighted by Gasteiger charge is -2.59. The molecule has 1 fully saturated rings. The van der Waals surface area contributed by atoms with Crippen LogP contribution in [-0.2, 0) is 14.3 Å². The van der Waals surface area contributed by atoms with E-state index in [1.807, 2.05) is 13.0 Å². The van der Waals surface area contributed by atoms with Crippen molar-refractivity contribution < 1.29 is 14.3 Å². The van der Waals surface area contributed by atoms with E-state index in [4.69, 9.17) is 9.47 Å². The Hall–Kier alpha value is -2.65. The van der Waals surface area contributed by atoms with E-state index in [0.717, 1.165) is 0 Å². The summed E-state index contributed by atoms with van der Waals surface area (Å²) in [5.41, 5.74) is 10.6. The average molecular weight is 483 g/mol. The predicted molar refractivity (Wildman–Crippen MR) is 144 cm³/mol. The van der Waals surface area contributed by atoms with E-state index in [0.29, 0.717) is 12.2 Å². The molecule has 4 atom stereocenters. The number of esters is 1. The van der Waals surface area contributed by atoms with Crippen molar-refractivity contribution in [2.45, 2.75) is 74.5 Å². The van der Waals surface area contributed by atoms with Gasteiger partial charge in [-0.15, -0.1) is 0 Å². The molecule has 0 saturated carbocycles. The molecule has 1 saturated heterocycles. The highest BCUT2D eigenvalue weighted by molar-refractivity contribution is 5.94. The first-order valence-corrected chi connectivity index (χ1v) is 13.3. The lowest BCUT2D eigenvalue weighted by molar-refractivity contribution is -0.139. The number of carbonyl (C=O) groups excluding carboxylic acids is 1. The van der Waals surface area contributed by atoms with Crippen molar-refractivity contribution in [2.24, 2.45) is 21.7 Å². The van der Waals surface area contributed by atoms with E-state index in [-0.39, 0.29) is 39.8 Å². The standard InChI is InChI=1S/C33H38O3/c1-10-35-29(34)22-17-25-26-23-15-20(30(2,3)4)13-18-11-12-19-14-21(31(5,6)7)16-24(27(26)28(22)36-25)33(19,9)32(18,23)8/h11-17,25,28H,10H2,1-9H3/t25-,28+,32-,33-/m1/s1. The van der Waals surface area contributed by atoms with Gasteiger partial charge in [-0.2, -0.15) is 0 Å². The minimum Gasteiger partial charge on any atom is -0.463 e. The largest absolute Gasteiger partial charge is 0.463 e. The molecule has 0 amide bonds. The Kier molecular flexibility index (Phi) is 4.62. The third-order valence-corrected chi connectivity index (χ3v) is 9.45. The van der Waals surface area contributed by atoms with Crippen LogP contribution < -0.4 is 0 Å². The molecular formula is C33H38O3. The van der Waals surface area contributed by atoms with Crippen LogP contribution in [0.1, 0.15) is 62.3 Å². The van der Waals surface area contributed by atoms with Gasteiger partial charge in [-0.3, -0.25) is 0 Å². The fraction of sp³-hybridized carbons (Fsp3) is 0.485. The zero-order valence-corrected chi connectivity index (χ0v) is 23.1. The summed E-state index contributed by atoms with van der Waals surface area (Å²) in [6, 6.07) is 0. The molecule has 2 bridgehead atoms. The van der Waals surface area contributed by atoms with Crippen molar-refractivity contribution in [3.63, 3.8) is 0 Å². The fourth-order valence-electron chi connectivity index (χ4n) is 7.06. The Bertz CT molecular complexity index is 1370. The second-order valence-electron chi connectivity index (χ2n) is 13.4. The van der Waals surface area contributed by atoms with Gasteiger partial charge in [-0.1, -0.05) is 91.8 Å². The van der Waals surface area contributed by atoms with Crippen LogP contribution in [0.3, 0.4) is 0 Å². The summed E-state index contributed by atoms with van der Waals surface area (Å²) in [6.45, 7) is 20.7. The fourth-order valence-corrected chi connectivity index (χ4v) is 7.06. The molecule has 3 nitrogen and oxygen atoms in total. The van der Waals surface area contributed by atoms with Crippen molar-refractivity contribution in [2.75, 3.05) is 6.61 Å². The van der Waals surface area contributed by atoms with Crippen LogP contribution in [0.4, 0.5) is 0 Å². The van der Waals surface area contributed by atoms with Gasteiger partial charge in [0.2, 0.25) is 0 Å². The van der Waals surface area contributed by atoms with E-state index in [1.165, 1.54) is 44.6 Å². The molecule has 0 aromatic rings. The van der Waals surface area contributed by atoms with E-state index in [2.05, 4.69) is 91.8 Å². The normalized spacial score (nSPS) is 34.0. The van der Waals surface area contributed by atoms with Gasteiger partial charge in [-0.25, -0.2) is 4.79 Å². The second-order valence-corrected chi connectivity index (χ2v) is 13.4. The average Bonchev–Trinajstić information content (AvgIpc) is 3.36. The van der Waals surface area contributed by atoms with Gasteiger partial charge < -0.3 is 9.47 Å². The van der Waals surface area contributed by atoms with E-state index in [9.17, 15) is 4.79 Å². The Morgan fingerprint density at radius 1 is 0.861 bits per heavy atom. The van der Waals surface area contributed by atoms with Gasteiger partial charge in [0.1, 0.15) is 12.2 Å². The van der Waals surface area contributed by atoms with Crippen LogP contribution in [0, 0.1) is 21.7 Å². The smallest absolute Gasteiger partial charge is 0.336 e. The lowest BCUT2D eigenvalue weighted by Crippen LogP contribution is -2.50. The molecule has 4 aliphatic carbocycles. The topological polar surface area (TPSA) is 35.5 Å². The molecule has 0 spiro atoms. The molecule has 36 heavy (non-hydrogen) atoms. The first-order valence-electron chi connectivity index (χ1n) is 13.3. The molecule has 6 aliphatic rings. The number of ether oxygens (including phenoxy) is 2. The number of hydrogen-bond acceptors (Lipinski definition) is 3. The zero-order chi connectivity index (χ0) is 26.0. The number of rotatable bonds is 2. The van der Waals surface area contributed by atoms with Crippen molar-refractivity contribution in [1.82, 2.24) is 0 Å². The van der Waals surface area contributed by atoms with Gasteiger partial charge >= 0.3 is 5.97 Å². The summed E-state index contributed by atoms with van der Waals surface area (Å²) in [7, 11) is 0. The second kappa shape index (κ2) is 7.01. The number of fused-ring (bicyclic) bond motifs is 5. The van der Waals surface area contributed by atoms with Crippen molar-refractivity contribution >= 4 is 5.97 Å². The quantitative estimate of drug-likeness (QED) is 0.388. The molecule has 0 N–H and O–H groups in total. The molecule has 0 aromatic heterocycles. The summed E-state index contributed by atoms with van der Waals surface area (Å²) in [4.78, 5) is 13.0. The Labute approximate surface area is 215 Å². The maximum atomic E-state index is 13.0. The van der Waals surface area contributed by atoms with Gasteiger partial charge in [0.25, 0.3) is 0 Å². The van der Waals surface area contributed by atoms with Crippen molar-refractivity contribution in [3.05, 3.63) is 92.7 Å². The van der Waals surface area contributed by atoms with Gasteiger partial charge in [0.15, 0.2) is 0 Å². The molecular weight excluding hydrogens is 444 g/mol. The highest BCUT2D eigenvalue weighted by atomic mass is 16.5. The van der Waals surface area contributed by atoms with Crippen molar-refractivity contribution in [1.29, 1.82) is 0 Å². The SMILES string of the molecule is CCOC(=O)C1=C[C@H]2O[C@@H]1C1=C3C=C(C(C)(C)C)C=C4C=CC5=CC(C(C)(C)C)=CC(=C12)[C@]5(C)[C@]43C. The summed E-state index contributed by atoms with van der Waals surface area (Å²) in [5, 5.41) is 0. The molecule has 0 aromatic carbocycles. The minimum absolute atomic E-state index is 0.00106. The Morgan fingerprint density at radius 3 is 1.83 bits per heavy atom. The van der Waals surface area contributed by atoms with Crippen LogP contribution in [0.2, 0.25) is 0 Å². The third-order valence-electron chi connectivity index (χ3n) is 9.45. The molecule has 3 heteroatoms. The summed E-state index contributed by atoms with van der Waals surface area (Å²) in [6.07, 6.45) is 15.7. The molecule has 188 valence electrons. The Morgan fingerprint density at radius 2 is 1.36 bits per heavy atom. The van der Waals surface area contributed by atoms with E-state index in [1.54, 1.807) is 0 Å². The van der Waals surface area contributed by atoms with Crippen LogP contribution in [0.5, 0.6) is 0 Å². The number of allylic oxidation sites excluding steroid dienone is 12. The lowest BCUT2D eigenvalue weighted by atomic mass is 9.43. The summed E-state index contributed by atoms with van der Waals surface area (Å²) in [5.74, 6) is -0.258. The maximum absolute atomic E-state index is 13.0. The van der Waals surface area contributed by atoms with Crippen LogP contribution in [0.25, 0.3) is 0 Å². The van der Waals surface area contributed by atoms with Gasteiger partial charge in [0.05, 0.1) is 12.2 Å². The molecule has 2 aliphatic heterocycles. The minimum atomic E-state index is -0.378. The van der Waals surface area contributed by atoms with Crippen LogP contribution in [0.15, 0.2) is 92.7 Å². The molecule has 0 radical (unpaired) electrons. The van der Waals surface area contributed by atoms with Crippen LogP contribution >= 0.6 is 0 Å². The highest BCUT2D eigenvalue weighted by Gasteiger charge is 2.63. The third kappa shape index (κ3) is 2.76. The summed E-state index contributed by atoms with van der Waals surface area (Å²) >= 11 is 0. The zero-order valence-electron chi connectivity index (χ0n) is 23.1. The number of carbonyl (C=O) groups is 1. The van der Waals surface area contributed by atoms with Gasteiger partial charge in [-0.05, 0) is 68.4 Å². The van der Waals surface area contributed by atoms with Gasteiger partial charge in [0, 0.05) is 10.8 Å². The van der Waals surface area contributed by atoms with Crippen LogP contribution in [-0.4, -0.2) is 24.8 Å². The molecule has 6 rings (SSSR count). The first-order chi connectivity index (χ1) is 16.7.